The van der Waals surface area contributed by atoms with E-state index in [1.54, 1.807) is 23.1 Å². The van der Waals surface area contributed by atoms with Gasteiger partial charge in [0.1, 0.15) is 11.5 Å². The Hall–Kier alpha value is -3.22. The minimum Gasteiger partial charge on any atom is -0.494 e. The summed E-state index contributed by atoms with van der Waals surface area (Å²) in [6.07, 6.45) is 0.545. The molecular formula is C21H22N2O5. The average molecular weight is 382 g/mol. The van der Waals surface area contributed by atoms with Gasteiger partial charge in [-0.2, -0.15) is 0 Å². The molecule has 2 aliphatic heterocycles. The summed E-state index contributed by atoms with van der Waals surface area (Å²) in [6, 6.07) is 12.0. The number of esters is 1. The highest BCUT2D eigenvalue weighted by atomic mass is 16.5. The van der Waals surface area contributed by atoms with Gasteiger partial charge >= 0.3 is 12.0 Å². The first-order valence-corrected chi connectivity index (χ1v) is 9.20. The maximum absolute atomic E-state index is 12.9. The minimum absolute atomic E-state index is 0.246. The van der Waals surface area contributed by atoms with Crippen molar-refractivity contribution in [3.05, 3.63) is 53.6 Å². The van der Waals surface area contributed by atoms with Crippen molar-refractivity contribution in [2.24, 2.45) is 0 Å². The van der Waals surface area contributed by atoms with Crippen LogP contribution in [0.3, 0.4) is 0 Å². The molecule has 2 heterocycles. The normalized spacial score (nSPS) is 22.6. The lowest BCUT2D eigenvalue weighted by atomic mass is 9.89. The van der Waals surface area contributed by atoms with E-state index in [2.05, 4.69) is 5.32 Å². The molecule has 1 saturated heterocycles. The van der Waals surface area contributed by atoms with Crippen molar-refractivity contribution < 1.29 is 23.8 Å². The van der Waals surface area contributed by atoms with E-state index in [4.69, 9.17) is 14.2 Å². The number of anilines is 1. The lowest BCUT2D eigenvalue weighted by Gasteiger charge is -2.50. The molecule has 2 bridgehead atoms. The molecular weight excluding hydrogens is 360 g/mol. The highest BCUT2D eigenvalue weighted by Crippen LogP contribution is 2.45. The fourth-order valence-corrected chi connectivity index (χ4v) is 3.87. The molecule has 1 N–H and O–H groups in total. The van der Waals surface area contributed by atoms with Gasteiger partial charge in [0.25, 0.3) is 0 Å². The zero-order valence-electron chi connectivity index (χ0n) is 16.0. The Labute approximate surface area is 163 Å². The fourth-order valence-electron chi connectivity index (χ4n) is 3.87. The quantitative estimate of drug-likeness (QED) is 0.817. The topological polar surface area (TPSA) is 77.1 Å². The number of amides is 2. The molecule has 7 heteroatoms. The summed E-state index contributed by atoms with van der Waals surface area (Å²) in [5.74, 6) is 0.966. The predicted octanol–water partition coefficient (Wildman–Crippen LogP) is 3.64. The van der Waals surface area contributed by atoms with Crippen LogP contribution < -0.4 is 19.7 Å². The first-order valence-electron chi connectivity index (χ1n) is 9.20. The van der Waals surface area contributed by atoms with Crippen molar-refractivity contribution in [3.63, 3.8) is 0 Å². The number of hydrogen-bond acceptors (Lipinski definition) is 5. The second-order valence-electron chi connectivity index (χ2n) is 6.99. The standard InChI is InChI=1S/C21H22N2O5/c1-4-27-15-8-6-14(7-9-15)23-20(25)22-17-12-21(23,2)28-18-10-5-13(11-16(17)18)19(24)26-3/h5-11,17H,4,12H2,1-3H3,(H,22,25)/t17-,21+/m1/s1. The number of urea groups is 1. The van der Waals surface area contributed by atoms with Crippen LogP contribution in [-0.4, -0.2) is 31.4 Å². The highest BCUT2D eigenvalue weighted by Gasteiger charge is 2.50. The number of carbonyl (C=O) groups excluding carboxylic acids is 2. The number of benzene rings is 2. The second-order valence-corrected chi connectivity index (χ2v) is 6.99. The van der Waals surface area contributed by atoms with E-state index >= 15 is 0 Å². The fraction of sp³-hybridized carbons (Fsp3) is 0.333. The van der Waals surface area contributed by atoms with Crippen LogP contribution in [0.25, 0.3) is 0 Å². The minimum atomic E-state index is -0.847. The zero-order valence-corrected chi connectivity index (χ0v) is 16.0. The molecule has 0 aliphatic carbocycles. The SMILES string of the molecule is CCOc1ccc(N2C(=O)N[C@@H]3C[C@]2(C)Oc2ccc(C(=O)OC)cc23)cc1. The first-order chi connectivity index (χ1) is 13.4. The van der Waals surface area contributed by atoms with Crippen LogP contribution in [0.5, 0.6) is 11.5 Å². The summed E-state index contributed by atoms with van der Waals surface area (Å²) in [5, 5.41) is 3.03. The molecule has 1 fully saturated rings. The zero-order chi connectivity index (χ0) is 19.9. The Morgan fingerprint density at radius 2 is 2.04 bits per heavy atom. The molecule has 4 rings (SSSR count). The van der Waals surface area contributed by atoms with Gasteiger partial charge in [0.05, 0.1) is 25.3 Å². The van der Waals surface area contributed by atoms with Gasteiger partial charge in [-0.05, 0) is 56.3 Å². The van der Waals surface area contributed by atoms with E-state index in [0.29, 0.717) is 24.3 Å². The Kier molecular flexibility index (Phi) is 4.37. The van der Waals surface area contributed by atoms with Crippen LogP contribution >= 0.6 is 0 Å². The number of nitrogens with one attached hydrogen (secondary N) is 1. The van der Waals surface area contributed by atoms with Gasteiger partial charge in [0.15, 0.2) is 5.72 Å². The summed E-state index contributed by atoms with van der Waals surface area (Å²) < 4.78 is 16.5. The third-order valence-electron chi connectivity index (χ3n) is 5.10. The number of methoxy groups -OCH3 is 1. The molecule has 2 atom stereocenters. The molecule has 0 spiro atoms. The Morgan fingerprint density at radius 1 is 1.29 bits per heavy atom. The van der Waals surface area contributed by atoms with Crippen molar-refractivity contribution in [3.8, 4) is 11.5 Å². The molecule has 146 valence electrons. The number of carbonyl (C=O) groups is 2. The number of hydrogen-bond donors (Lipinski definition) is 1. The number of nitrogens with zero attached hydrogens (tertiary/aromatic N) is 1. The number of rotatable bonds is 4. The van der Waals surface area contributed by atoms with Crippen LogP contribution in [0, 0.1) is 0 Å². The monoisotopic (exact) mass is 382 g/mol. The van der Waals surface area contributed by atoms with Crippen molar-refractivity contribution in [2.75, 3.05) is 18.6 Å². The van der Waals surface area contributed by atoms with E-state index < -0.39 is 11.7 Å². The van der Waals surface area contributed by atoms with Gasteiger partial charge in [0, 0.05) is 17.7 Å². The van der Waals surface area contributed by atoms with E-state index in [1.807, 2.05) is 38.1 Å². The average Bonchev–Trinajstić information content (AvgIpc) is 2.68. The smallest absolute Gasteiger partial charge is 0.337 e. The number of ether oxygens (including phenoxy) is 3. The Morgan fingerprint density at radius 3 is 2.71 bits per heavy atom. The van der Waals surface area contributed by atoms with Crippen LogP contribution in [0.2, 0.25) is 0 Å². The predicted molar refractivity (Wildman–Crippen MR) is 103 cm³/mol. The van der Waals surface area contributed by atoms with E-state index in [9.17, 15) is 9.59 Å². The van der Waals surface area contributed by atoms with Gasteiger partial charge in [0.2, 0.25) is 0 Å². The van der Waals surface area contributed by atoms with Crippen molar-refractivity contribution in [1.29, 1.82) is 0 Å². The van der Waals surface area contributed by atoms with Crippen LogP contribution in [0.4, 0.5) is 10.5 Å². The number of fused-ring (bicyclic) bond motifs is 4. The first kappa shape index (κ1) is 18.2. The van der Waals surface area contributed by atoms with Crippen molar-refractivity contribution >= 4 is 17.7 Å². The van der Waals surface area contributed by atoms with E-state index in [-0.39, 0.29) is 12.1 Å². The van der Waals surface area contributed by atoms with Crippen molar-refractivity contribution in [1.82, 2.24) is 5.32 Å². The maximum atomic E-state index is 12.9. The van der Waals surface area contributed by atoms with Gasteiger partial charge in [-0.25, -0.2) is 9.59 Å². The molecule has 7 nitrogen and oxygen atoms in total. The lowest BCUT2D eigenvalue weighted by molar-refractivity contribution is 0.0377. The second kappa shape index (κ2) is 6.74. The molecule has 0 saturated carbocycles. The van der Waals surface area contributed by atoms with E-state index in [1.165, 1.54) is 7.11 Å². The highest BCUT2D eigenvalue weighted by molar-refractivity contribution is 5.95. The third kappa shape index (κ3) is 2.93. The maximum Gasteiger partial charge on any atom is 0.337 e. The summed E-state index contributed by atoms with van der Waals surface area (Å²) >= 11 is 0. The van der Waals surface area contributed by atoms with Gasteiger partial charge in [-0.15, -0.1) is 0 Å². The summed E-state index contributed by atoms with van der Waals surface area (Å²) in [4.78, 5) is 26.4. The Balaban J connectivity index is 1.68. The van der Waals surface area contributed by atoms with Crippen LogP contribution in [0.1, 0.15) is 42.2 Å². The van der Waals surface area contributed by atoms with E-state index in [0.717, 1.165) is 17.0 Å². The molecule has 0 aromatic heterocycles. The lowest BCUT2D eigenvalue weighted by Crippen LogP contribution is -2.65. The van der Waals surface area contributed by atoms with Crippen molar-refractivity contribution in [2.45, 2.75) is 32.0 Å². The van der Waals surface area contributed by atoms with Gasteiger partial charge < -0.3 is 19.5 Å². The summed E-state index contributed by atoms with van der Waals surface area (Å²) in [7, 11) is 1.34. The molecule has 2 aromatic carbocycles. The molecule has 28 heavy (non-hydrogen) atoms. The summed E-state index contributed by atoms with van der Waals surface area (Å²) in [6.45, 7) is 4.40. The van der Waals surface area contributed by atoms with Crippen LogP contribution in [-0.2, 0) is 4.74 Å². The largest absolute Gasteiger partial charge is 0.494 e. The third-order valence-corrected chi connectivity index (χ3v) is 5.10. The molecule has 2 amide bonds. The molecule has 0 radical (unpaired) electrons. The van der Waals surface area contributed by atoms with Crippen LogP contribution in [0.15, 0.2) is 42.5 Å². The molecule has 2 aliphatic rings. The Bertz CT molecular complexity index is 927. The summed E-state index contributed by atoms with van der Waals surface area (Å²) in [5.41, 5.74) is 1.08. The molecule has 2 aromatic rings. The van der Waals surface area contributed by atoms with Gasteiger partial charge in [-0.3, -0.25) is 4.90 Å². The van der Waals surface area contributed by atoms with Gasteiger partial charge in [-0.1, -0.05) is 0 Å². The molecule has 0 unspecified atom stereocenters.